The van der Waals surface area contributed by atoms with Gasteiger partial charge in [-0.15, -0.1) is 0 Å². The van der Waals surface area contributed by atoms with Crippen molar-refractivity contribution in [1.82, 2.24) is 4.98 Å². The van der Waals surface area contributed by atoms with E-state index in [-0.39, 0.29) is 5.41 Å². The monoisotopic (exact) mass is 437 g/mol. The van der Waals surface area contributed by atoms with Crippen LogP contribution in [0.3, 0.4) is 0 Å². The van der Waals surface area contributed by atoms with Gasteiger partial charge < -0.3 is 4.98 Å². The van der Waals surface area contributed by atoms with Crippen molar-refractivity contribution in [2.45, 2.75) is 37.5 Å². The van der Waals surface area contributed by atoms with Crippen LogP contribution in [0, 0.1) is 29.1 Å². The van der Waals surface area contributed by atoms with E-state index in [2.05, 4.69) is 77.8 Å². The Morgan fingerprint density at radius 2 is 1.41 bits per heavy atom. The molecule has 1 nitrogen and oxygen atoms in total. The van der Waals surface area contributed by atoms with Crippen LogP contribution in [0.4, 0.5) is 0 Å². The van der Waals surface area contributed by atoms with Crippen molar-refractivity contribution < 1.29 is 0 Å². The van der Waals surface area contributed by atoms with Gasteiger partial charge in [-0.3, -0.25) is 0 Å². The second kappa shape index (κ2) is 5.28. The lowest BCUT2D eigenvalue weighted by Crippen LogP contribution is -2.62. The third-order valence-corrected chi connectivity index (χ3v) is 11.3. The van der Waals surface area contributed by atoms with E-state index in [9.17, 15) is 0 Å². The number of benzene rings is 4. The zero-order chi connectivity index (χ0) is 21.8. The zero-order valence-electron chi connectivity index (χ0n) is 19.3. The van der Waals surface area contributed by atoms with E-state index in [1.165, 1.54) is 75.8 Å². The number of aromatic nitrogens is 1. The molecular weight excluding hydrogens is 410 g/mol. The number of rotatable bonds is 0. The van der Waals surface area contributed by atoms with Gasteiger partial charge in [0.25, 0.3) is 0 Å². The largest absolute Gasteiger partial charge is 0.354 e. The van der Waals surface area contributed by atoms with Crippen LogP contribution < -0.4 is 0 Å². The van der Waals surface area contributed by atoms with Crippen molar-refractivity contribution in [1.29, 1.82) is 0 Å². The standard InChI is InChI=1S/C33H27N/c1-2-6-21-15-27-24(14-20(21)5-1)30-26(34-27)10-9-23-22-7-3-4-8-25(22)33(31(23)30)28-12-18-11-19-13-29(33)32(28,16-18)17-19/h1-10,14-15,18-19,28-29,34H,11-13,16-17H2. The number of aromatic amines is 1. The van der Waals surface area contributed by atoms with Gasteiger partial charge in [-0.2, -0.15) is 0 Å². The van der Waals surface area contributed by atoms with Crippen molar-refractivity contribution in [3.63, 3.8) is 0 Å². The molecule has 0 radical (unpaired) electrons. The average molecular weight is 438 g/mol. The summed E-state index contributed by atoms with van der Waals surface area (Å²) in [6.45, 7) is 0. The minimum Gasteiger partial charge on any atom is -0.354 e. The minimum atomic E-state index is 0.232. The molecular formula is C33H27N. The molecule has 164 valence electrons. The van der Waals surface area contributed by atoms with Crippen LogP contribution in [0.2, 0.25) is 0 Å². The Hall–Kier alpha value is -3.06. The number of fused-ring (bicyclic) bond motifs is 14. The Balaban J connectivity index is 1.38. The Bertz CT molecular complexity index is 1710. The smallest absolute Gasteiger partial charge is 0.0471 e. The maximum Gasteiger partial charge on any atom is 0.0471 e. The van der Waals surface area contributed by atoms with Crippen molar-refractivity contribution in [2.24, 2.45) is 29.1 Å². The predicted molar refractivity (Wildman–Crippen MR) is 139 cm³/mol. The molecule has 4 unspecified atom stereocenters. The van der Waals surface area contributed by atoms with Gasteiger partial charge in [-0.1, -0.05) is 54.6 Å². The van der Waals surface area contributed by atoms with E-state index >= 15 is 0 Å². The molecule has 5 aliphatic carbocycles. The molecule has 4 fully saturated rings. The van der Waals surface area contributed by atoms with E-state index in [0.29, 0.717) is 5.41 Å². The molecule has 1 heterocycles. The maximum absolute atomic E-state index is 3.85. The molecule has 1 heteroatoms. The van der Waals surface area contributed by atoms with Crippen molar-refractivity contribution >= 4 is 32.6 Å². The highest BCUT2D eigenvalue weighted by atomic mass is 14.8. The van der Waals surface area contributed by atoms with Gasteiger partial charge in [0.15, 0.2) is 0 Å². The molecule has 0 aliphatic heterocycles. The second-order valence-electron chi connectivity index (χ2n) is 12.4. The number of H-pyrrole nitrogens is 1. The Morgan fingerprint density at radius 1 is 0.676 bits per heavy atom. The summed E-state index contributed by atoms with van der Waals surface area (Å²) in [5, 5.41) is 5.63. The average Bonchev–Trinajstić information content (AvgIpc) is 3.51. The summed E-state index contributed by atoms with van der Waals surface area (Å²) in [7, 11) is 0. The van der Waals surface area contributed by atoms with Crippen LogP contribution in [0.25, 0.3) is 43.7 Å². The van der Waals surface area contributed by atoms with Crippen molar-refractivity contribution in [3.8, 4) is 11.1 Å². The number of hydrogen-bond acceptors (Lipinski definition) is 0. The molecule has 1 aromatic heterocycles. The van der Waals surface area contributed by atoms with E-state index in [4.69, 9.17) is 0 Å². The summed E-state index contributed by atoms with van der Waals surface area (Å²) in [6, 6.07) is 28.0. The topological polar surface area (TPSA) is 15.8 Å². The highest BCUT2D eigenvalue weighted by Gasteiger charge is 2.79. The Morgan fingerprint density at radius 3 is 2.24 bits per heavy atom. The Kier molecular flexibility index (Phi) is 2.70. The van der Waals surface area contributed by atoms with Crippen LogP contribution in [0.15, 0.2) is 72.8 Å². The van der Waals surface area contributed by atoms with Crippen LogP contribution in [-0.4, -0.2) is 4.98 Å². The lowest BCUT2D eigenvalue weighted by Gasteiger charge is -2.64. The molecule has 5 aliphatic rings. The molecule has 10 rings (SSSR count). The van der Waals surface area contributed by atoms with Gasteiger partial charge in [0.2, 0.25) is 0 Å². The predicted octanol–water partition coefficient (Wildman–Crippen LogP) is 8.20. The second-order valence-corrected chi connectivity index (χ2v) is 12.4. The van der Waals surface area contributed by atoms with Crippen molar-refractivity contribution in [2.75, 3.05) is 0 Å². The van der Waals surface area contributed by atoms with Crippen LogP contribution in [0.1, 0.15) is 43.2 Å². The molecule has 0 amide bonds. The van der Waals surface area contributed by atoms with E-state index < -0.39 is 0 Å². The molecule has 1 N–H and O–H groups in total. The van der Waals surface area contributed by atoms with Crippen LogP contribution in [-0.2, 0) is 5.41 Å². The SMILES string of the molecule is c1ccc2c(c1)-c1ccc3[nH]c4cc5ccccc5cc4c3c1C21C2CC3CC4CC1C2(C3)C4. The molecule has 4 atom stereocenters. The zero-order valence-corrected chi connectivity index (χ0v) is 19.3. The molecule has 4 aromatic carbocycles. The van der Waals surface area contributed by atoms with Crippen LogP contribution in [0.5, 0.6) is 0 Å². The first-order valence-electron chi connectivity index (χ1n) is 13.3. The van der Waals surface area contributed by atoms with E-state index in [1.807, 2.05) is 0 Å². The van der Waals surface area contributed by atoms with Crippen LogP contribution >= 0.6 is 0 Å². The molecule has 4 saturated carbocycles. The fraction of sp³-hybridized carbons (Fsp3) is 0.333. The molecule has 5 aromatic rings. The molecule has 3 bridgehead atoms. The summed E-state index contributed by atoms with van der Waals surface area (Å²) in [6.07, 6.45) is 7.48. The van der Waals surface area contributed by atoms with Gasteiger partial charge >= 0.3 is 0 Å². The molecule has 0 saturated heterocycles. The molecule has 2 spiro atoms. The summed E-state index contributed by atoms with van der Waals surface area (Å²) in [4.78, 5) is 3.85. The minimum absolute atomic E-state index is 0.232. The molecule has 34 heavy (non-hydrogen) atoms. The van der Waals surface area contributed by atoms with Gasteiger partial charge in [-0.05, 0) is 112 Å². The number of hydrogen-bond donors (Lipinski definition) is 1. The van der Waals surface area contributed by atoms with Gasteiger partial charge in [0, 0.05) is 27.2 Å². The summed E-state index contributed by atoms with van der Waals surface area (Å²) in [5.74, 6) is 3.63. The fourth-order valence-electron chi connectivity index (χ4n) is 10.8. The first-order valence-corrected chi connectivity index (χ1v) is 13.3. The number of nitrogens with one attached hydrogen (secondary N) is 1. The third-order valence-electron chi connectivity index (χ3n) is 11.3. The lowest BCUT2D eigenvalue weighted by molar-refractivity contribution is -0.0812. The third kappa shape index (κ3) is 1.62. The normalized spacial score (nSPS) is 35.9. The van der Waals surface area contributed by atoms with Gasteiger partial charge in [0.05, 0.1) is 0 Å². The summed E-state index contributed by atoms with van der Waals surface area (Å²) >= 11 is 0. The quantitative estimate of drug-likeness (QED) is 0.251. The first-order chi connectivity index (χ1) is 16.8. The van der Waals surface area contributed by atoms with Crippen molar-refractivity contribution in [3.05, 3.63) is 83.9 Å². The maximum atomic E-state index is 3.85. The Labute approximate surface area is 199 Å². The van der Waals surface area contributed by atoms with Gasteiger partial charge in [-0.25, -0.2) is 0 Å². The highest BCUT2D eigenvalue weighted by Crippen LogP contribution is 2.85. The fourth-order valence-corrected chi connectivity index (χ4v) is 10.8. The van der Waals surface area contributed by atoms with E-state index in [0.717, 1.165) is 23.7 Å². The first kappa shape index (κ1) is 17.4. The summed E-state index contributed by atoms with van der Waals surface area (Å²) in [5.41, 5.74) is 9.91. The lowest BCUT2D eigenvalue weighted by atomic mass is 9.38. The summed E-state index contributed by atoms with van der Waals surface area (Å²) < 4.78 is 0. The highest BCUT2D eigenvalue weighted by molar-refractivity contribution is 6.16. The van der Waals surface area contributed by atoms with E-state index in [1.54, 1.807) is 11.1 Å². The van der Waals surface area contributed by atoms with Gasteiger partial charge in [0.1, 0.15) is 0 Å².